The second-order valence-corrected chi connectivity index (χ2v) is 12.8. The van der Waals surface area contributed by atoms with E-state index in [1.807, 2.05) is 84.9 Å². The van der Waals surface area contributed by atoms with Gasteiger partial charge in [-0.1, -0.05) is 91.3 Å². The van der Waals surface area contributed by atoms with E-state index in [1.165, 1.54) is 0 Å². The number of nitrogens with one attached hydrogen (secondary N) is 1. The molecule has 0 aliphatic rings. The third-order valence-corrected chi connectivity index (χ3v) is 11.3. The van der Waals surface area contributed by atoms with Crippen LogP contribution in [0.15, 0.2) is 131 Å². The predicted octanol–water partition coefficient (Wildman–Crippen LogP) is 6.53. The number of carbonyl (C=O) groups is 1. The van der Waals surface area contributed by atoms with Crippen molar-refractivity contribution in [3.05, 3.63) is 137 Å². The lowest BCUT2D eigenvalue weighted by Crippen LogP contribution is -2.38. The minimum atomic E-state index is -2.53. The molecule has 0 bridgehead atoms. The van der Waals surface area contributed by atoms with E-state index in [-0.39, 0.29) is 5.91 Å². The maximum atomic E-state index is 13.5. The van der Waals surface area contributed by atoms with Gasteiger partial charge in [0.15, 0.2) is 7.26 Å². The van der Waals surface area contributed by atoms with Gasteiger partial charge in [-0.25, -0.2) is 0 Å². The van der Waals surface area contributed by atoms with Crippen molar-refractivity contribution in [1.82, 2.24) is 5.32 Å². The molecule has 0 radical (unpaired) electrons. The summed E-state index contributed by atoms with van der Waals surface area (Å²) in [4.78, 5) is 13.5. The largest absolute Gasteiger partial charge is 0.290 e. The fraction of sp³-hybridized carbons (Fsp3) is 0.0690. The first-order chi connectivity index (χ1) is 16.7. The minimum absolute atomic E-state index is 0.169. The Hall–Kier alpha value is -2.84. The quantitative estimate of drug-likeness (QED) is 0.277. The molecule has 4 aromatic carbocycles. The van der Waals surface area contributed by atoms with Crippen molar-refractivity contribution in [3.63, 3.8) is 0 Å². The molecule has 1 N–H and O–H groups in total. The average molecular weight is 503 g/mol. The van der Waals surface area contributed by atoms with Crippen molar-refractivity contribution in [2.24, 2.45) is 0 Å². The molecule has 0 aliphatic heterocycles. The summed E-state index contributed by atoms with van der Waals surface area (Å²) in [5.74, 6) is 0.625. The Bertz CT molecular complexity index is 1150. The molecule has 0 aliphatic carbocycles. The van der Waals surface area contributed by atoms with Gasteiger partial charge < -0.3 is 0 Å². The Morgan fingerprint density at radius 1 is 0.706 bits per heavy atom. The molecule has 1 amide bonds. The fourth-order valence-electron chi connectivity index (χ4n) is 4.02. The number of thioether (sulfide) groups is 1. The molecule has 2 nitrogen and oxygen atoms in total. The Balaban J connectivity index is 2.05. The molecule has 0 spiro atoms. The highest BCUT2D eigenvalue weighted by Crippen LogP contribution is 2.63. The third-order valence-electron chi connectivity index (χ3n) is 5.49. The molecule has 0 fully saturated rings. The van der Waals surface area contributed by atoms with Crippen LogP contribution < -0.4 is 21.2 Å². The standard InChI is InChI=1S/C29H25ClNOPS/c1-2-34-27(30)29(31-28(32)23-15-7-3-8-16-23)33(24-17-9-4-10-18-24,25-19-11-5-12-20-25)26-21-13-6-14-22-26/h3-22H,2H2,1H3/p+1/b29-27-. The van der Waals surface area contributed by atoms with E-state index >= 15 is 0 Å². The van der Waals surface area contributed by atoms with Crippen LogP contribution in [0.25, 0.3) is 0 Å². The smallest absolute Gasteiger partial charge is 0.258 e. The van der Waals surface area contributed by atoms with Gasteiger partial charge in [0.25, 0.3) is 5.91 Å². The van der Waals surface area contributed by atoms with Gasteiger partial charge in [-0.05, 0) is 54.3 Å². The van der Waals surface area contributed by atoms with Gasteiger partial charge in [0, 0.05) is 5.56 Å². The van der Waals surface area contributed by atoms with Crippen LogP contribution in [0.1, 0.15) is 17.3 Å². The topological polar surface area (TPSA) is 29.1 Å². The number of amides is 1. The van der Waals surface area contributed by atoms with E-state index in [9.17, 15) is 4.79 Å². The summed E-state index contributed by atoms with van der Waals surface area (Å²) in [5, 5.41) is 6.68. The zero-order valence-electron chi connectivity index (χ0n) is 18.9. The fourth-order valence-corrected chi connectivity index (χ4v) is 9.88. The Labute approximate surface area is 211 Å². The monoisotopic (exact) mass is 502 g/mol. The summed E-state index contributed by atoms with van der Waals surface area (Å²) >= 11 is 8.61. The second kappa shape index (κ2) is 11.5. The number of hydrogen-bond donors (Lipinski definition) is 1. The molecular weight excluding hydrogens is 477 g/mol. The summed E-state index contributed by atoms with van der Waals surface area (Å²) in [6, 6.07) is 40.5. The number of rotatable bonds is 8. The summed E-state index contributed by atoms with van der Waals surface area (Å²) in [6.07, 6.45) is 0. The van der Waals surface area contributed by atoms with Crippen LogP contribution in [-0.2, 0) is 0 Å². The zero-order valence-corrected chi connectivity index (χ0v) is 21.4. The maximum Gasteiger partial charge on any atom is 0.258 e. The molecule has 0 heterocycles. The first-order valence-electron chi connectivity index (χ1n) is 11.1. The molecule has 0 atom stereocenters. The highest BCUT2D eigenvalue weighted by molar-refractivity contribution is 8.06. The Morgan fingerprint density at radius 2 is 1.09 bits per heavy atom. The van der Waals surface area contributed by atoms with E-state index < -0.39 is 7.26 Å². The van der Waals surface area contributed by atoms with Crippen LogP contribution in [0, 0.1) is 0 Å². The van der Waals surface area contributed by atoms with Crippen molar-refractivity contribution in [2.45, 2.75) is 6.92 Å². The average Bonchev–Trinajstić information content (AvgIpc) is 2.91. The normalized spacial score (nSPS) is 12.1. The molecule has 0 aromatic heterocycles. The molecular formula is C29H26ClNOPS+. The summed E-state index contributed by atoms with van der Waals surface area (Å²) in [5.41, 5.74) is 1.36. The van der Waals surface area contributed by atoms with Crippen LogP contribution >= 0.6 is 30.6 Å². The van der Waals surface area contributed by atoms with Crippen LogP contribution in [0.4, 0.5) is 0 Å². The molecule has 34 heavy (non-hydrogen) atoms. The molecule has 0 saturated carbocycles. The molecule has 0 saturated heterocycles. The lowest BCUT2D eigenvalue weighted by molar-refractivity contribution is 0.0968. The van der Waals surface area contributed by atoms with Crippen molar-refractivity contribution < 1.29 is 4.79 Å². The Kier molecular flexibility index (Phi) is 8.24. The first kappa shape index (κ1) is 24.3. The van der Waals surface area contributed by atoms with Crippen LogP contribution in [0.5, 0.6) is 0 Å². The maximum absolute atomic E-state index is 13.5. The van der Waals surface area contributed by atoms with Crippen LogP contribution in [0.3, 0.4) is 0 Å². The van der Waals surface area contributed by atoms with Gasteiger partial charge >= 0.3 is 0 Å². The molecule has 0 unspecified atom stereocenters. The summed E-state index contributed by atoms with van der Waals surface area (Å²) < 4.78 is 0.608. The number of benzene rings is 4. The van der Waals surface area contributed by atoms with Crippen molar-refractivity contribution in [1.29, 1.82) is 0 Å². The van der Waals surface area contributed by atoms with Gasteiger partial charge in [0.1, 0.15) is 20.3 Å². The van der Waals surface area contributed by atoms with Crippen molar-refractivity contribution in [3.8, 4) is 0 Å². The summed E-state index contributed by atoms with van der Waals surface area (Å²) in [6.45, 7) is 2.07. The highest BCUT2D eigenvalue weighted by atomic mass is 35.5. The van der Waals surface area contributed by atoms with E-state index in [2.05, 4.69) is 48.6 Å². The lowest BCUT2D eigenvalue weighted by atomic mass is 10.2. The van der Waals surface area contributed by atoms with E-state index in [0.29, 0.717) is 9.93 Å². The van der Waals surface area contributed by atoms with Crippen LogP contribution in [-0.4, -0.2) is 11.7 Å². The van der Waals surface area contributed by atoms with E-state index in [0.717, 1.165) is 27.1 Å². The second-order valence-electron chi connectivity index (χ2n) is 7.55. The van der Waals surface area contributed by atoms with E-state index in [4.69, 9.17) is 11.6 Å². The molecule has 4 aromatic rings. The van der Waals surface area contributed by atoms with Gasteiger partial charge in [-0.3, -0.25) is 10.1 Å². The highest BCUT2D eigenvalue weighted by Gasteiger charge is 2.52. The van der Waals surface area contributed by atoms with Gasteiger partial charge in [0.2, 0.25) is 5.44 Å². The van der Waals surface area contributed by atoms with Gasteiger partial charge in [0.05, 0.1) is 0 Å². The molecule has 4 rings (SSSR count). The first-order valence-corrected chi connectivity index (χ1v) is 14.3. The van der Waals surface area contributed by atoms with Crippen molar-refractivity contribution >= 4 is 52.4 Å². The predicted molar refractivity (Wildman–Crippen MR) is 150 cm³/mol. The zero-order chi connectivity index (χ0) is 23.8. The SMILES string of the molecule is CCS/C(Cl)=C(/NC(=O)c1ccccc1)[P+](c1ccccc1)(c1ccccc1)c1ccccc1. The number of carbonyl (C=O) groups excluding carboxylic acids is 1. The molecule has 5 heteroatoms. The van der Waals surface area contributed by atoms with E-state index in [1.54, 1.807) is 11.8 Å². The third kappa shape index (κ3) is 4.98. The van der Waals surface area contributed by atoms with Gasteiger partial charge in [-0.15, -0.1) is 11.8 Å². The molecule has 170 valence electrons. The van der Waals surface area contributed by atoms with Crippen LogP contribution in [0.2, 0.25) is 0 Å². The summed E-state index contributed by atoms with van der Waals surface area (Å²) in [7, 11) is -2.53. The lowest BCUT2D eigenvalue weighted by Gasteiger charge is -2.30. The van der Waals surface area contributed by atoms with Gasteiger partial charge in [-0.2, -0.15) is 0 Å². The van der Waals surface area contributed by atoms with Crippen molar-refractivity contribution in [2.75, 3.05) is 5.75 Å². The number of hydrogen-bond acceptors (Lipinski definition) is 2. The minimum Gasteiger partial charge on any atom is -0.290 e. The Morgan fingerprint density at radius 3 is 1.47 bits per heavy atom. The number of halogens is 1.